The fraction of sp³-hybridized carbons (Fsp3) is 0.259. The van der Waals surface area contributed by atoms with Gasteiger partial charge in [-0.1, -0.05) is 48.5 Å². The Bertz CT molecular complexity index is 1370. The highest BCUT2D eigenvalue weighted by Gasteiger charge is 2.45. The number of aromatic nitrogens is 1. The monoisotopic (exact) mass is 481 g/mol. The lowest BCUT2D eigenvalue weighted by atomic mass is 9.82. The zero-order valence-corrected chi connectivity index (χ0v) is 20.0. The van der Waals surface area contributed by atoms with Crippen molar-refractivity contribution in [2.24, 2.45) is 0 Å². The molecule has 1 aromatic heterocycles. The summed E-state index contributed by atoms with van der Waals surface area (Å²) in [6, 6.07) is 15.9. The van der Waals surface area contributed by atoms with E-state index in [4.69, 9.17) is 11.8 Å². The Kier molecular flexibility index (Phi) is 5.63. The summed E-state index contributed by atoms with van der Waals surface area (Å²) < 4.78 is 33.1. The second-order valence-corrected chi connectivity index (χ2v) is 9.91. The third-order valence-corrected chi connectivity index (χ3v) is 7.34. The normalized spacial score (nSPS) is 17.4. The summed E-state index contributed by atoms with van der Waals surface area (Å²) in [4.78, 5) is 3.14. The summed E-state index contributed by atoms with van der Waals surface area (Å²) in [5, 5.41) is 12.9. The van der Waals surface area contributed by atoms with E-state index in [1.807, 2.05) is 63.4 Å². The van der Waals surface area contributed by atoms with E-state index in [0.29, 0.717) is 17.6 Å². The van der Waals surface area contributed by atoms with E-state index < -0.39 is 23.2 Å². The van der Waals surface area contributed by atoms with Crippen molar-refractivity contribution in [1.82, 2.24) is 9.40 Å². The van der Waals surface area contributed by atoms with Crippen LogP contribution in [0, 0.1) is 18.6 Å². The van der Waals surface area contributed by atoms with Crippen molar-refractivity contribution in [2.75, 3.05) is 5.06 Å². The van der Waals surface area contributed by atoms with Gasteiger partial charge in [0.15, 0.2) is 0 Å². The van der Waals surface area contributed by atoms with Crippen LogP contribution < -0.4 is 5.06 Å². The van der Waals surface area contributed by atoms with E-state index >= 15 is 8.78 Å². The molecular weight excluding hydrogens is 456 g/mol. The van der Waals surface area contributed by atoms with Gasteiger partial charge in [0.2, 0.25) is 0 Å². The van der Waals surface area contributed by atoms with Gasteiger partial charge in [-0.05, 0) is 50.1 Å². The first-order valence-electron chi connectivity index (χ1n) is 11.2. The number of benzene rings is 3. The van der Waals surface area contributed by atoms with Gasteiger partial charge >= 0.3 is 0 Å². The molecule has 0 saturated heterocycles. The van der Waals surface area contributed by atoms with E-state index in [2.05, 4.69) is 4.98 Å². The molecule has 34 heavy (non-hydrogen) atoms. The quantitative estimate of drug-likeness (QED) is 0.309. The first-order valence-corrected chi connectivity index (χ1v) is 11.6. The number of aromatic amines is 1. The number of halogens is 3. The minimum Gasteiger partial charge on any atom is -0.360 e. The Morgan fingerprint density at radius 2 is 1.88 bits per heavy atom. The molecule has 0 saturated carbocycles. The SMILES string of the molecule is Cc1c[nH]c2c(-c3c(F)cc4c(c3F)C[C@H](N(Cl)Cc3ccccc3)C(C)(C)N4O)cccc12. The Morgan fingerprint density at radius 1 is 1.15 bits per heavy atom. The van der Waals surface area contributed by atoms with E-state index in [0.717, 1.165) is 21.6 Å². The van der Waals surface area contributed by atoms with Crippen LogP contribution in [-0.4, -0.2) is 26.2 Å². The number of rotatable bonds is 4. The molecule has 0 aliphatic carbocycles. The average Bonchev–Trinajstić information content (AvgIpc) is 3.19. The minimum absolute atomic E-state index is 0.109. The van der Waals surface area contributed by atoms with Gasteiger partial charge in [-0.3, -0.25) is 5.21 Å². The van der Waals surface area contributed by atoms with Gasteiger partial charge in [-0.2, -0.15) is 0 Å². The molecule has 4 aromatic rings. The van der Waals surface area contributed by atoms with Crippen LogP contribution in [-0.2, 0) is 13.0 Å². The highest BCUT2D eigenvalue weighted by molar-refractivity contribution is 6.13. The molecular formula is C27H26ClF2N3O. The number of aryl methyl sites for hydroxylation is 1. The predicted molar refractivity (Wildman–Crippen MR) is 132 cm³/mol. The highest BCUT2D eigenvalue weighted by atomic mass is 35.5. The van der Waals surface area contributed by atoms with Crippen molar-refractivity contribution in [3.63, 3.8) is 0 Å². The number of hydrogen-bond donors (Lipinski definition) is 2. The topological polar surface area (TPSA) is 42.5 Å². The third kappa shape index (κ3) is 3.57. The molecule has 0 radical (unpaired) electrons. The fourth-order valence-electron chi connectivity index (χ4n) is 4.99. The fourth-order valence-corrected chi connectivity index (χ4v) is 5.43. The first-order chi connectivity index (χ1) is 16.2. The van der Waals surface area contributed by atoms with Crippen LogP contribution in [0.4, 0.5) is 14.5 Å². The molecule has 4 nitrogen and oxygen atoms in total. The second kappa shape index (κ2) is 8.38. The van der Waals surface area contributed by atoms with Crippen LogP contribution in [0.5, 0.6) is 0 Å². The maximum absolute atomic E-state index is 16.1. The van der Waals surface area contributed by atoms with Crippen LogP contribution in [0.1, 0.15) is 30.5 Å². The maximum Gasteiger partial charge on any atom is 0.139 e. The van der Waals surface area contributed by atoms with Crippen LogP contribution in [0.2, 0.25) is 0 Å². The van der Waals surface area contributed by atoms with Crippen molar-refractivity contribution in [2.45, 2.75) is 45.3 Å². The van der Waals surface area contributed by atoms with Gasteiger partial charge in [0.25, 0.3) is 0 Å². The maximum atomic E-state index is 16.1. The smallest absolute Gasteiger partial charge is 0.139 e. The predicted octanol–water partition coefficient (Wildman–Crippen LogP) is 6.98. The van der Waals surface area contributed by atoms with Crippen molar-refractivity contribution in [1.29, 1.82) is 0 Å². The first kappa shape index (κ1) is 22.8. The summed E-state index contributed by atoms with van der Waals surface area (Å²) >= 11 is 6.73. The Balaban J connectivity index is 1.61. The number of anilines is 1. The molecule has 0 spiro atoms. The van der Waals surface area contributed by atoms with Crippen LogP contribution in [0.25, 0.3) is 22.0 Å². The molecule has 5 rings (SSSR count). The molecule has 3 aromatic carbocycles. The van der Waals surface area contributed by atoms with Gasteiger partial charge in [0.05, 0.1) is 28.3 Å². The number of para-hydroxylation sites is 1. The number of hydroxylamine groups is 1. The number of hydrogen-bond acceptors (Lipinski definition) is 3. The number of nitrogens with one attached hydrogen (secondary N) is 1. The Labute approximate surface area is 202 Å². The number of fused-ring (bicyclic) bond motifs is 2. The lowest BCUT2D eigenvalue weighted by molar-refractivity contribution is 0.0946. The summed E-state index contributed by atoms with van der Waals surface area (Å²) in [6.45, 7) is 5.98. The zero-order chi connectivity index (χ0) is 24.2. The highest BCUT2D eigenvalue weighted by Crippen LogP contribution is 2.44. The zero-order valence-electron chi connectivity index (χ0n) is 19.2. The van der Waals surface area contributed by atoms with Crippen molar-refractivity contribution >= 4 is 28.4 Å². The minimum atomic E-state index is -0.888. The molecule has 0 fully saturated rings. The van der Waals surface area contributed by atoms with E-state index in [-0.39, 0.29) is 23.2 Å². The van der Waals surface area contributed by atoms with Gasteiger partial charge in [-0.15, -0.1) is 0 Å². The van der Waals surface area contributed by atoms with E-state index in [1.165, 1.54) is 6.07 Å². The summed E-state index contributed by atoms with van der Waals surface area (Å²) in [7, 11) is 0. The van der Waals surface area contributed by atoms with Crippen LogP contribution >= 0.6 is 11.8 Å². The molecule has 176 valence electrons. The Hall–Kier alpha value is -2.93. The average molecular weight is 482 g/mol. The molecule has 2 N–H and O–H groups in total. The molecule has 2 heterocycles. The standard InChI is InChI=1S/C27H26ClF2N3O/c1-16-14-31-26-18(16)10-7-11-19(26)24-21(29)13-22-20(25(24)30)12-23(27(2,3)33(22)34)32(28)15-17-8-5-4-6-9-17/h4-11,13-14,23,31,34H,12,15H2,1-3H3/t23-/m0/s1. The summed E-state index contributed by atoms with van der Waals surface area (Å²) in [6.07, 6.45) is 2.04. The second-order valence-electron chi connectivity index (χ2n) is 9.47. The largest absolute Gasteiger partial charge is 0.360 e. The van der Waals surface area contributed by atoms with Gasteiger partial charge in [0, 0.05) is 35.3 Å². The van der Waals surface area contributed by atoms with Gasteiger partial charge in [0.1, 0.15) is 11.6 Å². The van der Waals surface area contributed by atoms with Crippen molar-refractivity contribution < 1.29 is 14.0 Å². The molecule has 1 aliphatic heterocycles. The van der Waals surface area contributed by atoms with Crippen LogP contribution in [0.3, 0.4) is 0 Å². The van der Waals surface area contributed by atoms with E-state index in [9.17, 15) is 5.21 Å². The molecule has 0 amide bonds. The molecule has 1 aliphatic rings. The third-order valence-electron chi connectivity index (χ3n) is 6.99. The van der Waals surface area contributed by atoms with Gasteiger partial charge in [-0.25, -0.2) is 18.3 Å². The summed E-state index contributed by atoms with van der Waals surface area (Å²) in [5.74, 6) is -1.41. The van der Waals surface area contributed by atoms with Crippen LogP contribution in [0.15, 0.2) is 60.8 Å². The van der Waals surface area contributed by atoms with Crippen molar-refractivity contribution in [3.8, 4) is 11.1 Å². The summed E-state index contributed by atoms with van der Waals surface area (Å²) in [5.41, 5.74) is 2.48. The Morgan fingerprint density at radius 3 is 2.62 bits per heavy atom. The lowest BCUT2D eigenvalue weighted by Gasteiger charge is -2.48. The lowest BCUT2D eigenvalue weighted by Crippen LogP contribution is -2.59. The van der Waals surface area contributed by atoms with Crippen molar-refractivity contribution in [3.05, 3.63) is 89.1 Å². The molecule has 0 bridgehead atoms. The molecule has 7 heteroatoms. The van der Waals surface area contributed by atoms with Gasteiger partial charge < -0.3 is 4.98 Å². The number of nitrogens with zero attached hydrogens (tertiary/aromatic N) is 2. The van der Waals surface area contributed by atoms with E-state index in [1.54, 1.807) is 16.6 Å². The molecule has 1 atom stereocenters. The number of H-pyrrole nitrogens is 1. The molecule has 0 unspecified atom stereocenters.